The van der Waals surface area contributed by atoms with Gasteiger partial charge in [-0.3, -0.25) is 0 Å². The molecule has 3 heteroatoms. The molecule has 3 nitrogen and oxygen atoms in total. The number of carbonyl (C=O) groups is 1. The first-order chi connectivity index (χ1) is 6.22. The van der Waals surface area contributed by atoms with Crippen molar-refractivity contribution in [2.45, 2.75) is 26.2 Å². The van der Waals surface area contributed by atoms with Crippen LogP contribution in [0.2, 0.25) is 0 Å². The summed E-state index contributed by atoms with van der Waals surface area (Å²) in [5.74, 6) is -0.323. The number of ether oxygens (including phenoxy) is 1. The molecule has 13 heavy (non-hydrogen) atoms. The van der Waals surface area contributed by atoms with Crippen LogP contribution in [0.1, 0.15) is 26.2 Å². The highest BCUT2D eigenvalue weighted by Gasteiger charge is 1.92. The molecule has 0 radical (unpaired) electrons. The number of hydrogen-bond donors (Lipinski definition) is 1. The fraction of sp³-hybridized carbons (Fsp3) is 0.700. The molecule has 0 fully saturated rings. The molecule has 0 unspecified atom stereocenters. The van der Waals surface area contributed by atoms with Gasteiger partial charge in [0.15, 0.2) is 0 Å². The molecule has 0 saturated carbocycles. The molecule has 0 aromatic carbocycles. The number of carbonyl (C=O) groups excluding carboxylic acids is 1. The summed E-state index contributed by atoms with van der Waals surface area (Å²) in [5.41, 5.74) is 0. The van der Waals surface area contributed by atoms with Gasteiger partial charge in [-0.05, 0) is 20.5 Å². The first kappa shape index (κ1) is 14.7. The minimum Gasteiger partial charge on any atom is -0.463 e. The van der Waals surface area contributed by atoms with Gasteiger partial charge in [0, 0.05) is 6.08 Å². The van der Waals surface area contributed by atoms with Crippen molar-refractivity contribution in [3.63, 3.8) is 0 Å². The predicted molar refractivity (Wildman–Crippen MR) is 55.7 cm³/mol. The second-order valence-corrected chi connectivity index (χ2v) is 2.58. The van der Waals surface area contributed by atoms with Crippen LogP contribution >= 0.6 is 0 Å². The van der Waals surface area contributed by atoms with Gasteiger partial charge in [-0.25, -0.2) is 4.79 Å². The maximum atomic E-state index is 10.4. The van der Waals surface area contributed by atoms with E-state index in [1.165, 1.54) is 6.08 Å². The van der Waals surface area contributed by atoms with Crippen molar-refractivity contribution in [2.75, 3.05) is 20.7 Å². The monoisotopic (exact) mass is 187 g/mol. The van der Waals surface area contributed by atoms with Crippen LogP contribution < -0.4 is 5.32 Å². The molecule has 1 N–H and O–H groups in total. The second-order valence-electron chi connectivity index (χ2n) is 2.58. The molecule has 0 rings (SSSR count). The van der Waals surface area contributed by atoms with Crippen LogP contribution in [0, 0.1) is 0 Å². The van der Waals surface area contributed by atoms with Gasteiger partial charge in [0.25, 0.3) is 0 Å². The third-order valence-electron chi connectivity index (χ3n) is 1.16. The Labute approximate surface area is 81.2 Å². The molecule has 0 atom stereocenters. The van der Waals surface area contributed by atoms with Crippen molar-refractivity contribution < 1.29 is 9.53 Å². The number of unbranched alkanes of at least 4 members (excludes halogenated alkanes) is 2. The zero-order valence-corrected chi connectivity index (χ0v) is 8.93. The summed E-state index contributed by atoms with van der Waals surface area (Å²) in [5, 5.41) is 2.75. The van der Waals surface area contributed by atoms with Gasteiger partial charge in [-0.15, -0.1) is 0 Å². The van der Waals surface area contributed by atoms with Crippen LogP contribution in [0.25, 0.3) is 0 Å². The van der Waals surface area contributed by atoms with Gasteiger partial charge in [0.2, 0.25) is 0 Å². The molecule has 0 amide bonds. The third kappa shape index (κ3) is 18.3. The molecule has 0 aliphatic heterocycles. The molecule has 0 spiro atoms. The molecule has 0 aliphatic rings. The van der Waals surface area contributed by atoms with Crippen molar-refractivity contribution in [1.82, 2.24) is 5.32 Å². The third-order valence-corrected chi connectivity index (χ3v) is 1.16. The van der Waals surface area contributed by atoms with E-state index in [1.54, 1.807) is 0 Å². The van der Waals surface area contributed by atoms with Crippen molar-refractivity contribution in [2.24, 2.45) is 0 Å². The summed E-state index contributed by atoms with van der Waals surface area (Å²) >= 11 is 0. The van der Waals surface area contributed by atoms with Gasteiger partial charge < -0.3 is 10.1 Å². The highest BCUT2D eigenvalue weighted by Crippen LogP contribution is 1.94. The smallest absolute Gasteiger partial charge is 0.330 e. The molecule has 0 heterocycles. The summed E-state index contributed by atoms with van der Waals surface area (Å²) in [6.07, 6.45) is 4.40. The van der Waals surface area contributed by atoms with E-state index >= 15 is 0 Å². The van der Waals surface area contributed by atoms with Crippen molar-refractivity contribution in [1.29, 1.82) is 0 Å². The quantitative estimate of drug-likeness (QED) is 0.405. The first-order valence-electron chi connectivity index (χ1n) is 4.60. The fourth-order valence-electron chi connectivity index (χ4n) is 0.584. The highest BCUT2D eigenvalue weighted by molar-refractivity contribution is 5.81. The summed E-state index contributed by atoms with van der Waals surface area (Å²) in [6.45, 7) is 5.92. The van der Waals surface area contributed by atoms with Crippen LogP contribution in [0.4, 0.5) is 0 Å². The minimum absolute atomic E-state index is 0.323. The topological polar surface area (TPSA) is 38.3 Å². The number of rotatable bonds is 5. The number of hydrogen-bond acceptors (Lipinski definition) is 3. The molecular weight excluding hydrogens is 166 g/mol. The van der Waals surface area contributed by atoms with E-state index < -0.39 is 0 Å². The number of nitrogens with one attached hydrogen (secondary N) is 1. The van der Waals surface area contributed by atoms with E-state index in [2.05, 4.69) is 18.8 Å². The predicted octanol–water partition coefficient (Wildman–Crippen LogP) is 1.74. The zero-order valence-electron chi connectivity index (χ0n) is 8.93. The van der Waals surface area contributed by atoms with Gasteiger partial charge in [0.1, 0.15) is 0 Å². The van der Waals surface area contributed by atoms with E-state index in [9.17, 15) is 4.79 Å². The normalized spacial score (nSPS) is 8.23. The van der Waals surface area contributed by atoms with E-state index in [0.29, 0.717) is 6.61 Å². The lowest BCUT2D eigenvalue weighted by molar-refractivity contribution is -0.137. The Balaban J connectivity index is 0. The molecule has 0 saturated heterocycles. The van der Waals surface area contributed by atoms with E-state index in [4.69, 9.17) is 4.74 Å². The summed E-state index contributed by atoms with van der Waals surface area (Å²) in [7, 11) is 3.75. The van der Waals surface area contributed by atoms with Crippen LogP contribution in [-0.2, 0) is 9.53 Å². The Morgan fingerprint density at radius 3 is 2.38 bits per heavy atom. The van der Waals surface area contributed by atoms with Gasteiger partial charge >= 0.3 is 5.97 Å². The lowest BCUT2D eigenvalue weighted by Crippen LogP contribution is -2.01. The maximum absolute atomic E-state index is 10.4. The van der Waals surface area contributed by atoms with Crippen molar-refractivity contribution >= 4 is 5.97 Å². The Morgan fingerprint density at radius 1 is 1.46 bits per heavy atom. The average Bonchev–Trinajstić information content (AvgIpc) is 2.13. The Bertz CT molecular complexity index is 124. The molecule has 78 valence electrons. The van der Waals surface area contributed by atoms with Crippen LogP contribution in [0.5, 0.6) is 0 Å². The maximum Gasteiger partial charge on any atom is 0.330 e. The first-order valence-corrected chi connectivity index (χ1v) is 4.60. The number of esters is 1. The SMILES string of the molecule is C=CC(=O)OCCCCC.CNC. The Kier molecular flexibility index (Phi) is 15.5. The van der Waals surface area contributed by atoms with Gasteiger partial charge in [-0.2, -0.15) is 0 Å². The molecular formula is C10H21NO2. The lowest BCUT2D eigenvalue weighted by Gasteiger charge is -1.98. The van der Waals surface area contributed by atoms with Crippen molar-refractivity contribution in [3.8, 4) is 0 Å². The molecule has 0 aromatic heterocycles. The Morgan fingerprint density at radius 2 is 2.00 bits per heavy atom. The van der Waals surface area contributed by atoms with E-state index in [-0.39, 0.29) is 5.97 Å². The second kappa shape index (κ2) is 13.7. The molecule has 0 aromatic rings. The van der Waals surface area contributed by atoms with Gasteiger partial charge in [-0.1, -0.05) is 26.3 Å². The average molecular weight is 187 g/mol. The van der Waals surface area contributed by atoms with Crippen LogP contribution in [-0.4, -0.2) is 26.7 Å². The largest absolute Gasteiger partial charge is 0.463 e. The minimum atomic E-state index is -0.323. The van der Waals surface area contributed by atoms with E-state index in [1.807, 2.05) is 14.1 Å². The zero-order chi connectivity index (χ0) is 10.5. The highest BCUT2D eigenvalue weighted by atomic mass is 16.5. The molecule has 0 bridgehead atoms. The van der Waals surface area contributed by atoms with E-state index in [0.717, 1.165) is 19.3 Å². The molecule has 0 aliphatic carbocycles. The summed E-state index contributed by atoms with van der Waals surface area (Å²) in [6, 6.07) is 0. The fourth-order valence-corrected chi connectivity index (χ4v) is 0.584. The Hall–Kier alpha value is -0.830. The van der Waals surface area contributed by atoms with Crippen LogP contribution in [0.3, 0.4) is 0 Å². The summed E-state index contributed by atoms with van der Waals surface area (Å²) < 4.78 is 4.74. The van der Waals surface area contributed by atoms with Crippen molar-refractivity contribution in [3.05, 3.63) is 12.7 Å². The lowest BCUT2D eigenvalue weighted by atomic mass is 10.3. The standard InChI is InChI=1S/C8H14O2.C2H7N/c1-3-5-6-7-10-8(9)4-2;1-3-2/h4H,2-3,5-7H2,1H3;3H,1-2H3. The summed E-state index contributed by atoms with van der Waals surface area (Å²) in [4.78, 5) is 10.4. The van der Waals surface area contributed by atoms with Crippen LogP contribution in [0.15, 0.2) is 12.7 Å². The van der Waals surface area contributed by atoms with Gasteiger partial charge in [0.05, 0.1) is 6.61 Å².